The number of nitrogens with one attached hydrogen (secondary N) is 1. The summed E-state index contributed by atoms with van der Waals surface area (Å²) in [4.78, 5) is 6.76. The molecule has 100 valence electrons. The molecule has 1 aliphatic heterocycles. The van der Waals surface area contributed by atoms with Crippen molar-refractivity contribution in [2.45, 2.75) is 32.2 Å². The zero-order valence-electron chi connectivity index (χ0n) is 11.6. The van der Waals surface area contributed by atoms with E-state index in [4.69, 9.17) is 0 Å². The number of likely N-dealkylation sites (tertiary alicyclic amines) is 1. The van der Waals surface area contributed by atoms with Crippen LogP contribution in [0.3, 0.4) is 0 Å². The van der Waals surface area contributed by atoms with Crippen molar-refractivity contribution in [2.24, 2.45) is 5.92 Å². The van der Waals surface area contributed by atoms with Gasteiger partial charge in [-0.25, -0.2) is 0 Å². The smallest absolute Gasteiger partial charge is 0.0300 e. The quantitative estimate of drug-likeness (QED) is 0.862. The zero-order valence-corrected chi connectivity index (χ0v) is 11.6. The summed E-state index contributed by atoms with van der Waals surface area (Å²) in [5, 5.41) is 3.38. The van der Waals surface area contributed by atoms with Crippen LogP contribution in [0.4, 0.5) is 0 Å². The van der Waals surface area contributed by atoms with Crippen LogP contribution in [0.1, 0.15) is 25.3 Å². The van der Waals surface area contributed by atoms with Crippen LogP contribution in [0.2, 0.25) is 0 Å². The summed E-state index contributed by atoms with van der Waals surface area (Å²) in [5.74, 6) is 0.852. The minimum absolute atomic E-state index is 0.658. The number of rotatable bonds is 5. The van der Waals surface area contributed by atoms with Gasteiger partial charge in [-0.1, -0.05) is 6.07 Å². The molecule has 2 heterocycles. The first-order chi connectivity index (χ1) is 8.79. The van der Waals surface area contributed by atoms with Crippen LogP contribution in [0.5, 0.6) is 0 Å². The number of aromatic nitrogens is 1. The Hall–Kier alpha value is -0.930. The Balaban J connectivity index is 1.71. The van der Waals surface area contributed by atoms with E-state index in [1.807, 2.05) is 18.5 Å². The van der Waals surface area contributed by atoms with E-state index < -0.39 is 0 Å². The fraction of sp³-hybridized carbons (Fsp3) is 0.667. The molecule has 1 N–H and O–H groups in total. The molecule has 0 amide bonds. The Bertz CT molecular complexity index is 331. The van der Waals surface area contributed by atoms with E-state index in [1.165, 1.54) is 38.0 Å². The fourth-order valence-corrected chi connectivity index (χ4v) is 2.75. The van der Waals surface area contributed by atoms with Crippen molar-refractivity contribution in [3.8, 4) is 0 Å². The molecule has 2 rings (SSSR count). The molecular formula is C15H25N3. The largest absolute Gasteiger partial charge is 0.317 e. The van der Waals surface area contributed by atoms with Crippen LogP contribution >= 0.6 is 0 Å². The van der Waals surface area contributed by atoms with Gasteiger partial charge in [0.25, 0.3) is 0 Å². The Morgan fingerprint density at radius 1 is 1.44 bits per heavy atom. The highest BCUT2D eigenvalue weighted by Crippen LogP contribution is 2.20. The summed E-state index contributed by atoms with van der Waals surface area (Å²) < 4.78 is 0. The zero-order chi connectivity index (χ0) is 12.8. The van der Waals surface area contributed by atoms with Crippen molar-refractivity contribution in [2.75, 3.05) is 26.7 Å². The monoisotopic (exact) mass is 247 g/mol. The summed E-state index contributed by atoms with van der Waals surface area (Å²) in [6.07, 6.45) is 7.61. The van der Waals surface area contributed by atoms with E-state index in [0.29, 0.717) is 6.04 Å². The van der Waals surface area contributed by atoms with Gasteiger partial charge in [-0.05, 0) is 63.9 Å². The first-order valence-electron chi connectivity index (χ1n) is 7.08. The average molecular weight is 247 g/mol. The third kappa shape index (κ3) is 3.79. The second-order valence-electron chi connectivity index (χ2n) is 5.37. The van der Waals surface area contributed by atoms with Gasteiger partial charge in [0.15, 0.2) is 0 Å². The molecule has 0 bridgehead atoms. The van der Waals surface area contributed by atoms with E-state index in [-0.39, 0.29) is 0 Å². The molecule has 1 aliphatic rings. The van der Waals surface area contributed by atoms with Crippen molar-refractivity contribution in [3.05, 3.63) is 30.1 Å². The summed E-state index contributed by atoms with van der Waals surface area (Å²) in [5.41, 5.74) is 1.35. The molecule has 1 fully saturated rings. The summed E-state index contributed by atoms with van der Waals surface area (Å²) in [7, 11) is 2.07. The number of hydrogen-bond acceptors (Lipinski definition) is 3. The van der Waals surface area contributed by atoms with Gasteiger partial charge in [-0.2, -0.15) is 0 Å². The Labute approximate surface area is 111 Å². The van der Waals surface area contributed by atoms with E-state index in [9.17, 15) is 0 Å². The highest BCUT2D eigenvalue weighted by Gasteiger charge is 2.22. The maximum Gasteiger partial charge on any atom is 0.0300 e. The van der Waals surface area contributed by atoms with E-state index in [0.717, 1.165) is 12.3 Å². The lowest BCUT2D eigenvalue weighted by Crippen LogP contribution is -2.41. The molecule has 3 nitrogen and oxygen atoms in total. The molecular weight excluding hydrogens is 222 g/mol. The summed E-state index contributed by atoms with van der Waals surface area (Å²) in [6, 6.07) is 4.85. The molecule has 0 radical (unpaired) electrons. The Kier molecular flexibility index (Phi) is 5.14. The maximum absolute atomic E-state index is 4.17. The predicted octanol–water partition coefficient (Wildman–Crippen LogP) is 1.94. The summed E-state index contributed by atoms with van der Waals surface area (Å²) in [6.45, 7) is 5.97. The number of pyridine rings is 1. The molecule has 0 spiro atoms. The fourth-order valence-electron chi connectivity index (χ4n) is 2.75. The second kappa shape index (κ2) is 6.86. The van der Waals surface area contributed by atoms with E-state index in [1.54, 1.807) is 0 Å². The van der Waals surface area contributed by atoms with Crippen molar-refractivity contribution in [1.29, 1.82) is 0 Å². The predicted molar refractivity (Wildman–Crippen MR) is 75.6 cm³/mol. The molecule has 1 unspecified atom stereocenters. The van der Waals surface area contributed by atoms with Crippen LogP contribution in [-0.4, -0.2) is 42.6 Å². The van der Waals surface area contributed by atoms with Crippen molar-refractivity contribution in [1.82, 2.24) is 15.2 Å². The third-order valence-corrected chi connectivity index (χ3v) is 4.23. The molecule has 18 heavy (non-hydrogen) atoms. The number of hydrogen-bond donors (Lipinski definition) is 1. The maximum atomic E-state index is 4.17. The van der Waals surface area contributed by atoms with Crippen molar-refractivity contribution < 1.29 is 0 Å². The van der Waals surface area contributed by atoms with Crippen molar-refractivity contribution >= 4 is 0 Å². The number of piperidine rings is 1. The lowest BCUT2D eigenvalue weighted by atomic mass is 9.90. The highest BCUT2D eigenvalue weighted by atomic mass is 15.1. The van der Waals surface area contributed by atoms with Gasteiger partial charge in [0, 0.05) is 25.0 Å². The van der Waals surface area contributed by atoms with Gasteiger partial charge >= 0.3 is 0 Å². The van der Waals surface area contributed by atoms with E-state index in [2.05, 4.69) is 35.2 Å². The molecule has 1 aromatic heterocycles. The molecule has 1 saturated heterocycles. The lowest BCUT2D eigenvalue weighted by molar-refractivity contribution is 0.166. The average Bonchev–Trinajstić information content (AvgIpc) is 2.46. The molecule has 1 atom stereocenters. The topological polar surface area (TPSA) is 28.2 Å². The van der Waals surface area contributed by atoms with Gasteiger partial charge in [-0.3, -0.25) is 4.98 Å². The molecule has 1 aromatic rings. The van der Waals surface area contributed by atoms with Gasteiger partial charge in [0.2, 0.25) is 0 Å². The summed E-state index contributed by atoms with van der Waals surface area (Å²) >= 11 is 0. The van der Waals surface area contributed by atoms with Gasteiger partial charge in [0.1, 0.15) is 0 Å². The molecule has 0 aliphatic carbocycles. The van der Waals surface area contributed by atoms with Gasteiger partial charge in [0.05, 0.1) is 0 Å². The molecule has 0 aromatic carbocycles. The highest BCUT2D eigenvalue weighted by molar-refractivity contribution is 5.08. The molecule has 0 saturated carbocycles. The first-order valence-corrected chi connectivity index (χ1v) is 7.08. The first kappa shape index (κ1) is 13.5. The van der Waals surface area contributed by atoms with Crippen LogP contribution in [0.15, 0.2) is 24.5 Å². The third-order valence-electron chi connectivity index (χ3n) is 4.23. The van der Waals surface area contributed by atoms with Gasteiger partial charge < -0.3 is 10.2 Å². The van der Waals surface area contributed by atoms with Crippen LogP contribution in [-0.2, 0) is 6.42 Å². The second-order valence-corrected chi connectivity index (χ2v) is 5.37. The Morgan fingerprint density at radius 2 is 2.22 bits per heavy atom. The van der Waals surface area contributed by atoms with Crippen LogP contribution in [0.25, 0.3) is 0 Å². The van der Waals surface area contributed by atoms with Crippen molar-refractivity contribution in [3.63, 3.8) is 0 Å². The normalized spacial score (nSPS) is 19.9. The Morgan fingerprint density at radius 3 is 2.83 bits per heavy atom. The van der Waals surface area contributed by atoms with Gasteiger partial charge in [-0.15, -0.1) is 0 Å². The number of nitrogens with zero attached hydrogens (tertiary/aromatic N) is 2. The minimum Gasteiger partial charge on any atom is -0.317 e. The van der Waals surface area contributed by atoms with Crippen LogP contribution < -0.4 is 5.32 Å². The lowest BCUT2D eigenvalue weighted by Gasteiger charge is -2.34. The molecule has 3 heteroatoms. The SMILES string of the molecule is CNC(C)C1CCN(CCc2cccnc2)CC1. The minimum atomic E-state index is 0.658. The standard InChI is InChI=1S/C15H25N3/c1-13(16-2)15-6-10-18(11-7-15)9-5-14-4-3-8-17-12-14/h3-4,8,12-13,15-16H,5-7,9-11H2,1-2H3. The van der Waals surface area contributed by atoms with E-state index >= 15 is 0 Å². The van der Waals surface area contributed by atoms with Crippen LogP contribution in [0, 0.1) is 5.92 Å².